The Morgan fingerprint density at radius 2 is 2.00 bits per heavy atom. The van der Waals surface area contributed by atoms with Gasteiger partial charge in [0.15, 0.2) is 15.7 Å². The van der Waals surface area contributed by atoms with E-state index >= 15 is 0 Å². The molecule has 2 aromatic rings. The zero-order valence-electron chi connectivity index (χ0n) is 11.9. The average Bonchev–Trinajstić information content (AvgIpc) is 2.97. The SMILES string of the molecule is CCS(=O)(=O)C1CN(Cc2ccc(-c3ncn[nH]3)cc2)C1. The highest BCUT2D eigenvalue weighted by Gasteiger charge is 2.35. The third-order valence-corrected chi connectivity index (χ3v) is 6.00. The first-order chi connectivity index (χ1) is 10.1. The molecule has 6 nitrogen and oxygen atoms in total. The van der Waals surface area contributed by atoms with Crippen LogP contribution in [-0.2, 0) is 16.4 Å². The van der Waals surface area contributed by atoms with Crippen molar-refractivity contribution in [3.05, 3.63) is 36.2 Å². The molecule has 0 saturated carbocycles. The molecule has 1 N–H and O–H groups in total. The number of aromatic amines is 1. The summed E-state index contributed by atoms with van der Waals surface area (Å²) in [6.45, 7) is 3.77. The Morgan fingerprint density at radius 3 is 2.57 bits per heavy atom. The van der Waals surface area contributed by atoms with Crippen molar-refractivity contribution in [2.45, 2.75) is 18.7 Å². The largest absolute Gasteiger partial charge is 0.296 e. The number of sulfone groups is 1. The fourth-order valence-electron chi connectivity index (χ4n) is 2.49. The number of nitrogens with zero attached hydrogens (tertiary/aromatic N) is 3. The van der Waals surface area contributed by atoms with Crippen LogP contribution in [0, 0.1) is 0 Å². The highest BCUT2D eigenvalue weighted by Crippen LogP contribution is 2.21. The van der Waals surface area contributed by atoms with Crippen molar-refractivity contribution in [3.8, 4) is 11.4 Å². The lowest BCUT2D eigenvalue weighted by Gasteiger charge is -2.38. The van der Waals surface area contributed by atoms with Gasteiger partial charge in [0.25, 0.3) is 0 Å². The zero-order chi connectivity index (χ0) is 14.9. The van der Waals surface area contributed by atoms with Gasteiger partial charge in [-0.2, -0.15) is 5.10 Å². The van der Waals surface area contributed by atoms with Gasteiger partial charge in [-0.1, -0.05) is 31.2 Å². The van der Waals surface area contributed by atoms with Crippen molar-refractivity contribution in [2.75, 3.05) is 18.8 Å². The molecule has 0 atom stereocenters. The molecule has 1 fully saturated rings. The predicted molar refractivity (Wildman–Crippen MR) is 80.3 cm³/mol. The monoisotopic (exact) mass is 306 g/mol. The molecule has 1 aliphatic heterocycles. The smallest absolute Gasteiger partial charge is 0.155 e. The number of H-pyrrole nitrogens is 1. The maximum Gasteiger partial charge on any atom is 0.155 e. The van der Waals surface area contributed by atoms with Gasteiger partial charge in [-0.05, 0) is 5.56 Å². The van der Waals surface area contributed by atoms with Crippen LogP contribution in [-0.4, -0.2) is 52.6 Å². The Hall–Kier alpha value is -1.73. The van der Waals surface area contributed by atoms with Crippen molar-refractivity contribution in [1.29, 1.82) is 0 Å². The van der Waals surface area contributed by atoms with E-state index in [4.69, 9.17) is 0 Å². The van der Waals surface area contributed by atoms with Gasteiger partial charge in [0.2, 0.25) is 0 Å². The van der Waals surface area contributed by atoms with Gasteiger partial charge in [0.1, 0.15) is 6.33 Å². The van der Waals surface area contributed by atoms with E-state index in [-0.39, 0.29) is 11.0 Å². The van der Waals surface area contributed by atoms with E-state index in [9.17, 15) is 8.42 Å². The fraction of sp³-hybridized carbons (Fsp3) is 0.429. The number of rotatable bonds is 5. The molecule has 0 unspecified atom stereocenters. The summed E-state index contributed by atoms with van der Waals surface area (Å²) < 4.78 is 23.4. The van der Waals surface area contributed by atoms with Crippen LogP contribution in [0.4, 0.5) is 0 Å². The molecular formula is C14H18N4O2S. The van der Waals surface area contributed by atoms with Crippen molar-refractivity contribution in [3.63, 3.8) is 0 Å². The molecule has 0 spiro atoms. The van der Waals surface area contributed by atoms with Gasteiger partial charge >= 0.3 is 0 Å². The first kappa shape index (κ1) is 14.2. The van der Waals surface area contributed by atoms with Gasteiger partial charge in [-0.3, -0.25) is 10.00 Å². The Morgan fingerprint density at radius 1 is 1.29 bits per heavy atom. The normalized spacial score (nSPS) is 16.8. The summed E-state index contributed by atoms with van der Waals surface area (Å²) >= 11 is 0. The number of hydrogen-bond acceptors (Lipinski definition) is 5. The number of benzene rings is 1. The maximum atomic E-state index is 11.7. The lowest BCUT2D eigenvalue weighted by atomic mass is 10.1. The number of nitrogens with one attached hydrogen (secondary N) is 1. The molecule has 7 heteroatoms. The van der Waals surface area contributed by atoms with Crippen LogP contribution in [0.5, 0.6) is 0 Å². The van der Waals surface area contributed by atoms with Gasteiger partial charge in [-0.15, -0.1) is 0 Å². The summed E-state index contributed by atoms with van der Waals surface area (Å²) in [7, 11) is -2.88. The van der Waals surface area contributed by atoms with Crippen molar-refractivity contribution >= 4 is 9.84 Å². The van der Waals surface area contributed by atoms with E-state index < -0.39 is 9.84 Å². The predicted octanol–water partition coefficient (Wildman–Crippen LogP) is 1.09. The van der Waals surface area contributed by atoms with Crippen LogP contribution in [0.1, 0.15) is 12.5 Å². The second kappa shape index (κ2) is 5.57. The summed E-state index contributed by atoms with van der Waals surface area (Å²) in [5.41, 5.74) is 2.16. The van der Waals surface area contributed by atoms with E-state index in [0.717, 1.165) is 17.9 Å². The molecule has 3 rings (SSSR count). The van der Waals surface area contributed by atoms with E-state index in [1.54, 1.807) is 6.92 Å². The van der Waals surface area contributed by atoms with Gasteiger partial charge in [0.05, 0.1) is 5.25 Å². The second-order valence-corrected chi connectivity index (χ2v) is 7.87. The molecule has 0 amide bonds. The summed E-state index contributed by atoms with van der Waals surface area (Å²) in [5.74, 6) is 0.983. The molecule has 112 valence electrons. The molecule has 0 aliphatic carbocycles. The Kier molecular flexibility index (Phi) is 3.77. The van der Waals surface area contributed by atoms with Crippen LogP contribution in [0.15, 0.2) is 30.6 Å². The molecule has 21 heavy (non-hydrogen) atoms. The van der Waals surface area contributed by atoms with Crippen molar-refractivity contribution < 1.29 is 8.42 Å². The lowest BCUT2D eigenvalue weighted by molar-refractivity contribution is 0.176. The first-order valence-electron chi connectivity index (χ1n) is 6.97. The third kappa shape index (κ3) is 2.98. The summed E-state index contributed by atoms with van der Waals surface area (Å²) in [5, 5.41) is 6.47. The third-order valence-electron chi connectivity index (χ3n) is 3.88. The molecular weight excluding hydrogens is 288 g/mol. The van der Waals surface area contributed by atoms with E-state index in [2.05, 4.69) is 20.1 Å². The molecule has 0 bridgehead atoms. The van der Waals surface area contributed by atoms with E-state index in [1.165, 1.54) is 11.9 Å². The minimum absolute atomic E-state index is 0.184. The van der Waals surface area contributed by atoms with Gasteiger partial charge < -0.3 is 0 Å². The molecule has 1 aliphatic rings. The number of likely N-dealkylation sites (tertiary alicyclic amines) is 1. The molecule has 1 aromatic carbocycles. The van der Waals surface area contributed by atoms with Gasteiger partial charge in [0, 0.05) is 31.0 Å². The number of aromatic nitrogens is 3. The second-order valence-electron chi connectivity index (χ2n) is 5.30. The number of hydrogen-bond donors (Lipinski definition) is 1. The van der Waals surface area contributed by atoms with Crippen molar-refractivity contribution in [2.24, 2.45) is 0 Å². The van der Waals surface area contributed by atoms with E-state index in [1.807, 2.05) is 24.3 Å². The van der Waals surface area contributed by atoms with Crippen LogP contribution in [0.2, 0.25) is 0 Å². The maximum absolute atomic E-state index is 11.7. The van der Waals surface area contributed by atoms with E-state index in [0.29, 0.717) is 13.1 Å². The average molecular weight is 306 g/mol. The minimum Gasteiger partial charge on any atom is -0.296 e. The summed E-state index contributed by atoms with van der Waals surface area (Å²) in [6, 6.07) is 8.07. The quantitative estimate of drug-likeness (QED) is 0.894. The standard InChI is InChI=1S/C14H18N4O2S/c1-2-21(19,20)13-8-18(9-13)7-11-3-5-12(6-4-11)14-15-10-16-17-14/h3-6,10,13H,2,7-9H2,1H3,(H,15,16,17). The Bertz CT molecular complexity index is 689. The highest BCUT2D eigenvalue weighted by molar-refractivity contribution is 7.92. The van der Waals surface area contributed by atoms with Gasteiger partial charge in [-0.25, -0.2) is 13.4 Å². The highest BCUT2D eigenvalue weighted by atomic mass is 32.2. The van der Waals surface area contributed by atoms with Crippen LogP contribution < -0.4 is 0 Å². The fourth-order valence-corrected chi connectivity index (χ4v) is 3.83. The Balaban J connectivity index is 1.58. The van der Waals surface area contributed by atoms with Crippen molar-refractivity contribution in [1.82, 2.24) is 20.1 Å². The van der Waals surface area contributed by atoms with Crippen LogP contribution in [0.3, 0.4) is 0 Å². The molecule has 1 saturated heterocycles. The topological polar surface area (TPSA) is 79.0 Å². The molecule has 2 heterocycles. The minimum atomic E-state index is -2.88. The summed E-state index contributed by atoms with van der Waals surface area (Å²) in [6.07, 6.45) is 1.48. The Labute approximate surface area is 124 Å². The molecule has 1 aromatic heterocycles. The van der Waals surface area contributed by atoms with Crippen LogP contribution in [0.25, 0.3) is 11.4 Å². The summed E-state index contributed by atoms with van der Waals surface area (Å²) in [4.78, 5) is 6.26. The molecule has 0 radical (unpaired) electrons. The zero-order valence-corrected chi connectivity index (χ0v) is 12.7. The first-order valence-corrected chi connectivity index (χ1v) is 8.68. The lowest BCUT2D eigenvalue weighted by Crippen LogP contribution is -2.54. The van der Waals surface area contributed by atoms with Crippen LogP contribution >= 0.6 is 0 Å².